The van der Waals surface area contributed by atoms with Crippen LogP contribution in [0.4, 0.5) is 0 Å². The van der Waals surface area contributed by atoms with Gasteiger partial charge in [-0.05, 0) is 6.42 Å². The number of aliphatic hydroxyl groups is 1. The topological polar surface area (TPSA) is 93.6 Å². The molecule has 2 rings (SSSR count). The highest BCUT2D eigenvalue weighted by atomic mass is 35.5. The number of aromatic amines is 1. The van der Waals surface area contributed by atoms with Crippen molar-refractivity contribution < 1.29 is 14.6 Å². The van der Waals surface area contributed by atoms with Crippen LogP contribution in [0.15, 0.2) is 15.8 Å². The van der Waals surface area contributed by atoms with Gasteiger partial charge in [0.05, 0.1) is 13.2 Å². The fourth-order valence-electron chi connectivity index (χ4n) is 1.57. The second kappa shape index (κ2) is 4.61. The summed E-state index contributed by atoms with van der Waals surface area (Å²) in [4.78, 5) is 24.8. The molecule has 2 heterocycles. The van der Waals surface area contributed by atoms with Crippen LogP contribution in [0.5, 0.6) is 0 Å². The van der Waals surface area contributed by atoms with Crippen LogP contribution in [0.3, 0.4) is 0 Å². The van der Waals surface area contributed by atoms with Gasteiger partial charge < -0.3 is 14.6 Å². The number of halogens is 1. The molecule has 1 aromatic heterocycles. The highest BCUT2D eigenvalue weighted by Gasteiger charge is 2.37. The zero-order valence-corrected chi connectivity index (χ0v) is 9.57. The second-order valence-electron chi connectivity index (χ2n) is 3.53. The lowest BCUT2D eigenvalue weighted by atomic mass is 10.4. The number of rotatable bonds is 2. The average Bonchev–Trinajstić information content (AvgIpc) is 2.34. The molecule has 8 heteroatoms. The van der Waals surface area contributed by atoms with Crippen molar-refractivity contribution in [3.63, 3.8) is 0 Å². The van der Waals surface area contributed by atoms with E-state index in [1.807, 2.05) is 4.98 Å². The Kier molecular flexibility index (Phi) is 3.34. The number of nitrogens with one attached hydrogen (secondary N) is 1. The molecule has 0 saturated carbocycles. The monoisotopic (exact) mass is 262 g/mol. The van der Waals surface area contributed by atoms with Crippen LogP contribution in [0.1, 0.15) is 6.42 Å². The average molecular weight is 263 g/mol. The van der Waals surface area contributed by atoms with Gasteiger partial charge in [-0.2, -0.15) is 0 Å². The van der Waals surface area contributed by atoms with E-state index in [-0.39, 0.29) is 5.02 Å². The van der Waals surface area contributed by atoms with E-state index in [0.717, 1.165) is 10.8 Å². The molecule has 7 nitrogen and oxygen atoms in total. The minimum absolute atomic E-state index is 0.185. The zero-order valence-electron chi connectivity index (χ0n) is 8.81. The number of ether oxygens (including phenoxy) is 2. The van der Waals surface area contributed by atoms with Gasteiger partial charge in [-0.25, -0.2) is 9.36 Å². The summed E-state index contributed by atoms with van der Waals surface area (Å²) in [6, 6.07) is 0. The van der Waals surface area contributed by atoms with Crippen LogP contribution >= 0.6 is 11.6 Å². The lowest BCUT2D eigenvalue weighted by Gasteiger charge is -2.36. The maximum absolute atomic E-state index is 11.6. The summed E-state index contributed by atoms with van der Waals surface area (Å²) in [6.45, 7) is 0.114. The Morgan fingerprint density at radius 1 is 1.47 bits per heavy atom. The number of H-pyrrole nitrogens is 1. The van der Waals surface area contributed by atoms with Gasteiger partial charge >= 0.3 is 5.69 Å². The maximum Gasteiger partial charge on any atom is 0.332 e. The largest absolute Gasteiger partial charge is 0.389 e. The number of aromatic nitrogens is 2. The lowest BCUT2D eigenvalue weighted by Crippen LogP contribution is -2.52. The highest BCUT2D eigenvalue weighted by Crippen LogP contribution is 2.22. The quantitative estimate of drug-likeness (QED) is 0.730. The molecule has 1 aromatic rings. The minimum atomic E-state index is -1.61. The number of hydrogen-bond donors (Lipinski definition) is 2. The summed E-state index contributed by atoms with van der Waals surface area (Å²) in [5.74, 6) is -1.61. The first kappa shape index (κ1) is 12.3. The van der Waals surface area contributed by atoms with Gasteiger partial charge in [0.25, 0.3) is 11.5 Å². The van der Waals surface area contributed by atoms with Crippen molar-refractivity contribution in [1.29, 1.82) is 0 Å². The van der Waals surface area contributed by atoms with Gasteiger partial charge in [0, 0.05) is 6.20 Å². The van der Waals surface area contributed by atoms with Crippen molar-refractivity contribution in [1.82, 2.24) is 9.55 Å². The first-order chi connectivity index (χ1) is 8.09. The van der Waals surface area contributed by atoms with E-state index in [0.29, 0.717) is 19.6 Å². The Labute approximate surface area is 101 Å². The molecule has 1 aliphatic heterocycles. The first-order valence-corrected chi connectivity index (χ1v) is 5.37. The Hall–Kier alpha value is -1.15. The van der Waals surface area contributed by atoms with Crippen LogP contribution in [0.25, 0.3) is 0 Å². The number of hydrogen-bond acceptors (Lipinski definition) is 5. The Morgan fingerprint density at radius 2 is 2.12 bits per heavy atom. The Balaban J connectivity index is 2.54. The van der Waals surface area contributed by atoms with Crippen molar-refractivity contribution >= 4 is 11.6 Å². The van der Waals surface area contributed by atoms with Crippen molar-refractivity contribution in [2.24, 2.45) is 0 Å². The summed E-state index contributed by atoms with van der Waals surface area (Å²) < 4.78 is 11.5. The van der Waals surface area contributed by atoms with Gasteiger partial charge in [-0.1, -0.05) is 11.6 Å². The van der Waals surface area contributed by atoms with E-state index in [9.17, 15) is 14.7 Å². The molecule has 0 atom stereocenters. The predicted octanol–water partition coefficient (Wildman–Crippen LogP) is -0.770. The van der Waals surface area contributed by atoms with E-state index in [1.165, 1.54) is 0 Å². The summed E-state index contributed by atoms with van der Waals surface area (Å²) >= 11 is 5.63. The third-order valence-corrected chi connectivity index (χ3v) is 2.68. The molecule has 0 aromatic carbocycles. The van der Waals surface area contributed by atoms with Crippen molar-refractivity contribution in [2.75, 3.05) is 19.8 Å². The first-order valence-electron chi connectivity index (χ1n) is 5.00. The zero-order chi connectivity index (χ0) is 12.5. The lowest BCUT2D eigenvalue weighted by molar-refractivity contribution is -0.336. The molecular formula is C9H11ClN2O5. The molecule has 0 radical (unpaired) electrons. The SMILES string of the molecule is O=c1[nH]c(=O)n(C2(CO)OCCCO2)cc1Cl. The van der Waals surface area contributed by atoms with Gasteiger partial charge in [0.1, 0.15) is 11.6 Å². The fourth-order valence-corrected chi connectivity index (χ4v) is 1.72. The summed E-state index contributed by atoms with van der Waals surface area (Å²) in [7, 11) is 0. The molecule has 2 N–H and O–H groups in total. The van der Waals surface area contributed by atoms with Gasteiger partial charge in [0.2, 0.25) is 0 Å². The van der Waals surface area contributed by atoms with Crippen molar-refractivity contribution in [3.8, 4) is 0 Å². The number of nitrogens with zero attached hydrogens (tertiary/aromatic N) is 1. The molecule has 0 unspecified atom stereocenters. The molecular weight excluding hydrogens is 252 g/mol. The molecule has 0 aliphatic carbocycles. The van der Waals surface area contributed by atoms with Gasteiger partial charge in [-0.15, -0.1) is 0 Å². The molecule has 0 bridgehead atoms. The molecule has 1 aliphatic rings. The van der Waals surface area contributed by atoms with E-state index < -0.39 is 23.8 Å². The molecule has 17 heavy (non-hydrogen) atoms. The summed E-state index contributed by atoms with van der Waals surface area (Å²) in [6.07, 6.45) is 1.75. The Morgan fingerprint density at radius 3 is 2.71 bits per heavy atom. The Bertz CT molecular complexity index is 517. The highest BCUT2D eigenvalue weighted by molar-refractivity contribution is 6.30. The van der Waals surface area contributed by atoms with Crippen molar-refractivity contribution in [3.05, 3.63) is 32.1 Å². The van der Waals surface area contributed by atoms with E-state index in [1.54, 1.807) is 0 Å². The third kappa shape index (κ3) is 2.14. The minimum Gasteiger partial charge on any atom is -0.389 e. The van der Waals surface area contributed by atoms with Gasteiger partial charge in [-0.3, -0.25) is 9.78 Å². The van der Waals surface area contributed by atoms with E-state index in [4.69, 9.17) is 21.1 Å². The van der Waals surface area contributed by atoms with Gasteiger partial charge in [0.15, 0.2) is 0 Å². The van der Waals surface area contributed by atoms with E-state index in [2.05, 4.69) is 0 Å². The molecule has 1 fully saturated rings. The smallest absolute Gasteiger partial charge is 0.332 e. The summed E-state index contributed by atoms with van der Waals surface area (Å²) in [5, 5.41) is 9.15. The molecule has 94 valence electrons. The maximum atomic E-state index is 11.6. The standard InChI is InChI=1S/C9H11ClN2O5/c10-6-4-12(8(15)11-7(6)14)9(5-13)16-2-1-3-17-9/h4,13H,1-3,5H2,(H,11,14,15). The van der Waals surface area contributed by atoms with Crippen LogP contribution in [0.2, 0.25) is 5.02 Å². The number of aliphatic hydroxyl groups excluding tert-OH is 1. The van der Waals surface area contributed by atoms with E-state index >= 15 is 0 Å². The second-order valence-corrected chi connectivity index (χ2v) is 3.93. The van der Waals surface area contributed by atoms with Crippen LogP contribution in [-0.2, 0) is 15.4 Å². The third-order valence-electron chi connectivity index (χ3n) is 2.41. The molecule has 0 spiro atoms. The fraction of sp³-hybridized carbons (Fsp3) is 0.556. The molecule has 0 amide bonds. The van der Waals surface area contributed by atoms with Crippen LogP contribution < -0.4 is 11.2 Å². The predicted molar refractivity (Wildman–Crippen MR) is 57.9 cm³/mol. The summed E-state index contributed by atoms with van der Waals surface area (Å²) in [5.41, 5.74) is -1.45. The van der Waals surface area contributed by atoms with Crippen LogP contribution in [0, 0.1) is 0 Å². The molecule has 1 saturated heterocycles. The van der Waals surface area contributed by atoms with Crippen molar-refractivity contribution in [2.45, 2.75) is 12.3 Å². The van der Waals surface area contributed by atoms with Crippen LogP contribution in [-0.4, -0.2) is 34.5 Å². The normalized spacial score (nSPS) is 19.2.